The summed E-state index contributed by atoms with van der Waals surface area (Å²) in [5.74, 6) is 4.48. The number of nitrogens with zero attached hydrogens (tertiary/aromatic N) is 3. The van der Waals surface area contributed by atoms with Gasteiger partial charge in [0.25, 0.3) is 11.6 Å². The molecule has 0 fully saturated rings. The van der Waals surface area contributed by atoms with Gasteiger partial charge in [-0.15, -0.1) is 0 Å². The predicted octanol–water partition coefficient (Wildman–Crippen LogP) is 0.384. The minimum atomic E-state index is -0.504. The quantitative estimate of drug-likeness (QED) is 0.352. The summed E-state index contributed by atoms with van der Waals surface area (Å²) < 4.78 is 1.42. The van der Waals surface area contributed by atoms with E-state index in [0.717, 1.165) is 0 Å². The second kappa shape index (κ2) is 4.63. The molecule has 0 unspecified atom stereocenters. The largest absolute Gasteiger partial charge is 0.289 e. The zero-order chi connectivity index (χ0) is 13.1. The third kappa shape index (κ3) is 2.18. The lowest BCUT2D eigenvalue weighted by molar-refractivity contribution is -0.384. The molecule has 1 aromatic carbocycles. The standard InChI is InChI=1S/C10H9N5O3/c11-12-10(16)9-5-6-14(13-9)7-1-3-8(4-2-7)15(17)18/h1-6H,11H2,(H,12,16). The Balaban J connectivity index is 2.29. The average Bonchev–Trinajstić information content (AvgIpc) is 2.87. The molecule has 3 N–H and O–H groups in total. The Labute approximate surface area is 101 Å². The third-order valence-electron chi connectivity index (χ3n) is 2.28. The number of amides is 1. The van der Waals surface area contributed by atoms with E-state index in [0.29, 0.717) is 5.69 Å². The smallest absolute Gasteiger partial charge is 0.285 e. The normalized spacial score (nSPS) is 10.1. The highest BCUT2D eigenvalue weighted by atomic mass is 16.6. The second-order valence-electron chi connectivity index (χ2n) is 3.39. The van der Waals surface area contributed by atoms with E-state index in [-0.39, 0.29) is 11.4 Å². The first-order valence-electron chi connectivity index (χ1n) is 4.93. The van der Waals surface area contributed by atoms with Gasteiger partial charge in [-0.2, -0.15) is 5.10 Å². The number of benzene rings is 1. The minimum absolute atomic E-state index is 0.00849. The van der Waals surface area contributed by atoms with Crippen molar-refractivity contribution >= 4 is 11.6 Å². The zero-order valence-corrected chi connectivity index (χ0v) is 9.11. The van der Waals surface area contributed by atoms with Gasteiger partial charge in [0.1, 0.15) is 0 Å². The van der Waals surface area contributed by atoms with E-state index in [2.05, 4.69) is 5.10 Å². The van der Waals surface area contributed by atoms with Crippen LogP contribution in [-0.4, -0.2) is 20.6 Å². The van der Waals surface area contributed by atoms with E-state index < -0.39 is 10.8 Å². The van der Waals surface area contributed by atoms with Crippen molar-refractivity contribution in [3.63, 3.8) is 0 Å². The van der Waals surface area contributed by atoms with Crippen LogP contribution < -0.4 is 11.3 Å². The topological polar surface area (TPSA) is 116 Å². The fourth-order valence-corrected chi connectivity index (χ4v) is 1.39. The van der Waals surface area contributed by atoms with Gasteiger partial charge in [0, 0.05) is 18.3 Å². The lowest BCUT2D eigenvalue weighted by Crippen LogP contribution is -2.30. The number of aromatic nitrogens is 2. The van der Waals surface area contributed by atoms with Crippen LogP contribution in [0.4, 0.5) is 5.69 Å². The molecule has 8 heteroatoms. The molecule has 0 radical (unpaired) electrons. The molecule has 0 saturated carbocycles. The van der Waals surface area contributed by atoms with E-state index in [1.807, 2.05) is 5.43 Å². The third-order valence-corrected chi connectivity index (χ3v) is 2.28. The molecule has 2 aromatic rings. The van der Waals surface area contributed by atoms with Crippen molar-refractivity contribution in [2.75, 3.05) is 0 Å². The molecule has 0 saturated heterocycles. The summed E-state index contributed by atoms with van der Waals surface area (Å²) in [6, 6.07) is 7.29. The van der Waals surface area contributed by atoms with Crippen molar-refractivity contribution in [3.8, 4) is 5.69 Å². The van der Waals surface area contributed by atoms with Gasteiger partial charge in [-0.05, 0) is 18.2 Å². The van der Waals surface area contributed by atoms with E-state index in [1.165, 1.54) is 35.0 Å². The van der Waals surface area contributed by atoms with Gasteiger partial charge in [-0.25, -0.2) is 10.5 Å². The molecule has 18 heavy (non-hydrogen) atoms. The Hall–Kier alpha value is -2.74. The van der Waals surface area contributed by atoms with E-state index >= 15 is 0 Å². The number of hydrazine groups is 1. The SMILES string of the molecule is NNC(=O)c1ccn(-c2ccc([N+](=O)[O-])cc2)n1. The first-order valence-corrected chi connectivity index (χ1v) is 4.93. The summed E-state index contributed by atoms with van der Waals surface area (Å²) in [6.45, 7) is 0. The van der Waals surface area contributed by atoms with Gasteiger partial charge in [-0.1, -0.05) is 0 Å². The first kappa shape index (κ1) is 11.7. The summed E-state index contributed by atoms with van der Waals surface area (Å²) in [4.78, 5) is 21.2. The summed E-state index contributed by atoms with van der Waals surface area (Å²) in [7, 11) is 0. The van der Waals surface area contributed by atoms with Crippen molar-refractivity contribution in [1.82, 2.24) is 15.2 Å². The Morgan fingerprint density at radius 3 is 2.56 bits per heavy atom. The average molecular weight is 247 g/mol. The van der Waals surface area contributed by atoms with Gasteiger partial charge in [0.2, 0.25) is 0 Å². The van der Waals surface area contributed by atoms with Crippen LogP contribution in [0.5, 0.6) is 0 Å². The zero-order valence-electron chi connectivity index (χ0n) is 9.11. The summed E-state index contributed by atoms with van der Waals surface area (Å²) in [5.41, 5.74) is 2.73. The number of non-ortho nitro benzene ring substituents is 1. The Bertz CT molecular complexity index is 590. The summed E-state index contributed by atoms with van der Waals surface area (Å²) in [5, 5.41) is 14.5. The number of hydrogen-bond donors (Lipinski definition) is 2. The molecule has 0 aliphatic heterocycles. The van der Waals surface area contributed by atoms with Crippen LogP contribution in [0.1, 0.15) is 10.5 Å². The van der Waals surface area contributed by atoms with Crippen molar-refractivity contribution in [1.29, 1.82) is 0 Å². The maximum atomic E-state index is 11.2. The Morgan fingerprint density at radius 1 is 1.33 bits per heavy atom. The Kier molecular flexibility index (Phi) is 3.02. The Morgan fingerprint density at radius 2 is 2.00 bits per heavy atom. The van der Waals surface area contributed by atoms with Crippen LogP contribution in [0, 0.1) is 10.1 Å². The van der Waals surface area contributed by atoms with Crippen molar-refractivity contribution in [2.45, 2.75) is 0 Å². The van der Waals surface area contributed by atoms with Crippen molar-refractivity contribution < 1.29 is 9.72 Å². The number of nitrogen functional groups attached to an aromatic ring is 1. The number of carbonyl (C=O) groups excluding carboxylic acids is 1. The molecule has 1 aromatic heterocycles. The molecule has 1 heterocycles. The molecule has 1 amide bonds. The summed E-state index contributed by atoms with van der Waals surface area (Å²) in [6.07, 6.45) is 1.56. The number of nitro benzene ring substituents is 1. The molecule has 0 aliphatic rings. The van der Waals surface area contributed by atoms with Crippen molar-refractivity contribution in [3.05, 3.63) is 52.3 Å². The lowest BCUT2D eigenvalue weighted by atomic mass is 10.3. The molecule has 0 aliphatic carbocycles. The number of hydrogen-bond acceptors (Lipinski definition) is 5. The molecule has 0 atom stereocenters. The van der Waals surface area contributed by atoms with Gasteiger partial charge in [-0.3, -0.25) is 20.3 Å². The highest BCUT2D eigenvalue weighted by Crippen LogP contribution is 2.14. The number of carbonyl (C=O) groups is 1. The number of rotatable bonds is 3. The molecule has 8 nitrogen and oxygen atoms in total. The summed E-state index contributed by atoms with van der Waals surface area (Å²) >= 11 is 0. The molecule has 0 spiro atoms. The van der Waals surface area contributed by atoms with Crippen LogP contribution in [0.2, 0.25) is 0 Å². The number of nitrogens with one attached hydrogen (secondary N) is 1. The van der Waals surface area contributed by atoms with Crippen LogP contribution in [0.3, 0.4) is 0 Å². The van der Waals surface area contributed by atoms with Gasteiger partial charge < -0.3 is 0 Å². The van der Waals surface area contributed by atoms with Crippen LogP contribution in [0.25, 0.3) is 5.69 Å². The van der Waals surface area contributed by atoms with Crippen LogP contribution in [-0.2, 0) is 0 Å². The second-order valence-corrected chi connectivity index (χ2v) is 3.39. The monoisotopic (exact) mass is 247 g/mol. The molecule has 2 rings (SSSR count). The van der Waals surface area contributed by atoms with E-state index in [1.54, 1.807) is 6.20 Å². The maximum Gasteiger partial charge on any atom is 0.285 e. The fraction of sp³-hybridized carbons (Fsp3) is 0. The van der Waals surface area contributed by atoms with Gasteiger partial charge in [0.05, 0.1) is 10.6 Å². The molecule has 92 valence electrons. The first-order chi connectivity index (χ1) is 8.61. The highest BCUT2D eigenvalue weighted by molar-refractivity contribution is 5.91. The predicted molar refractivity (Wildman–Crippen MR) is 61.9 cm³/mol. The number of nitro groups is 1. The van der Waals surface area contributed by atoms with Gasteiger partial charge in [0.15, 0.2) is 5.69 Å². The highest BCUT2D eigenvalue weighted by Gasteiger charge is 2.09. The van der Waals surface area contributed by atoms with E-state index in [4.69, 9.17) is 5.84 Å². The maximum absolute atomic E-state index is 11.2. The van der Waals surface area contributed by atoms with Crippen LogP contribution >= 0.6 is 0 Å². The molecular formula is C10H9N5O3. The molecular weight excluding hydrogens is 238 g/mol. The lowest BCUT2D eigenvalue weighted by Gasteiger charge is -2.00. The minimum Gasteiger partial charge on any atom is -0.289 e. The van der Waals surface area contributed by atoms with Gasteiger partial charge >= 0.3 is 0 Å². The molecule has 0 bridgehead atoms. The number of nitrogens with two attached hydrogens (primary N) is 1. The van der Waals surface area contributed by atoms with E-state index in [9.17, 15) is 14.9 Å². The van der Waals surface area contributed by atoms with Crippen LogP contribution in [0.15, 0.2) is 36.5 Å². The fourth-order valence-electron chi connectivity index (χ4n) is 1.39. The van der Waals surface area contributed by atoms with Crippen molar-refractivity contribution in [2.24, 2.45) is 5.84 Å².